The average molecular weight is 311 g/mol. The van der Waals surface area contributed by atoms with Crippen LogP contribution in [0, 0.1) is 0 Å². The number of alkyl halides is 3. The van der Waals surface area contributed by atoms with Gasteiger partial charge in [-0.05, 0) is 31.4 Å². The molecule has 0 radical (unpaired) electrons. The molecule has 0 bridgehead atoms. The van der Waals surface area contributed by atoms with E-state index in [1.807, 2.05) is 0 Å². The van der Waals surface area contributed by atoms with Crippen LogP contribution in [-0.4, -0.2) is 26.7 Å². The Labute approximate surface area is 115 Å². The molecule has 2 N–H and O–H groups in total. The van der Waals surface area contributed by atoms with Crippen LogP contribution in [0.2, 0.25) is 0 Å². The lowest BCUT2D eigenvalue weighted by Gasteiger charge is -2.13. The number of halogens is 3. The Bertz CT molecular complexity index is 529. The number of rotatable bonds is 7. The van der Waals surface area contributed by atoms with Gasteiger partial charge in [0.25, 0.3) is 0 Å². The van der Waals surface area contributed by atoms with Crippen molar-refractivity contribution in [2.24, 2.45) is 0 Å². The molecule has 0 aromatic heterocycles. The molecule has 0 unspecified atom stereocenters. The van der Waals surface area contributed by atoms with E-state index < -0.39 is 26.7 Å². The number of hydrogen-bond donors (Lipinski definition) is 2. The summed E-state index contributed by atoms with van der Waals surface area (Å²) in [6.45, 7) is 0.0399. The zero-order valence-corrected chi connectivity index (χ0v) is 11.5. The van der Waals surface area contributed by atoms with Gasteiger partial charge < -0.3 is 5.11 Å². The van der Waals surface area contributed by atoms with E-state index in [1.165, 1.54) is 6.07 Å². The second kappa shape index (κ2) is 7.05. The van der Waals surface area contributed by atoms with Crippen LogP contribution < -0.4 is 4.72 Å². The molecule has 1 aromatic rings. The number of nitrogens with one attached hydrogen (secondary N) is 1. The third-order valence-electron chi connectivity index (χ3n) is 2.61. The highest BCUT2D eigenvalue weighted by Crippen LogP contribution is 2.33. The van der Waals surface area contributed by atoms with Crippen LogP contribution >= 0.6 is 0 Å². The van der Waals surface area contributed by atoms with Crippen LogP contribution in [0.5, 0.6) is 0 Å². The molecular formula is C12H16F3NO3S. The highest BCUT2D eigenvalue weighted by atomic mass is 32.2. The molecule has 8 heteroatoms. The fraction of sp³-hybridized carbons (Fsp3) is 0.500. The van der Waals surface area contributed by atoms with Gasteiger partial charge in [0.05, 0.1) is 10.5 Å². The first-order chi connectivity index (χ1) is 9.29. The molecule has 0 fully saturated rings. The van der Waals surface area contributed by atoms with E-state index >= 15 is 0 Å². The van der Waals surface area contributed by atoms with E-state index in [4.69, 9.17) is 5.11 Å². The van der Waals surface area contributed by atoms with Gasteiger partial charge in [-0.3, -0.25) is 0 Å². The Hall–Kier alpha value is -1.12. The van der Waals surface area contributed by atoms with Crippen LogP contribution in [0.1, 0.15) is 24.8 Å². The number of sulfonamides is 1. The summed E-state index contributed by atoms with van der Waals surface area (Å²) in [5.41, 5.74) is -1.18. The van der Waals surface area contributed by atoms with Crippen molar-refractivity contribution in [3.05, 3.63) is 29.8 Å². The van der Waals surface area contributed by atoms with Gasteiger partial charge in [-0.1, -0.05) is 12.1 Å². The van der Waals surface area contributed by atoms with Crippen LogP contribution in [0.3, 0.4) is 0 Å². The summed E-state index contributed by atoms with van der Waals surface area (Å²) in [5.74, 6) is 0. The summed E-state index contributed by atoms with van der Waals surface area (Å²) in [6, 6.07) is 4.05. The summed E-state index contributed by atoms with van der Waals surface area (Å²) in [5, 5.41) is 8.57. The second-order valence-corrected chi connectivity index (χ2v) is 5.91. The van der Waals surface area contributed by atoms with Gasteiger partial charge in [-0.25, -0.2) is 13.1 Å². The van der Waals surface area contributed by atoms with Crippen LogP contribution in [0.4, 0.5) is 13.2 Å². The van der Waals surface area contributed by atoms with Gasteiger partial charge in [-0.2, -0.15) is 13.2 Å². The van der Waals surface area contributed by atoms with E-state index in [2.05, 4.69) is 4.72 Å². The van der Waals surface area contributed by atoms with Gasteiger partial charge >= 0.3 is 6.18 Å². The van der Waals surface area contributed by atoms with Crippen molar-refractivity contribution < 1.29 is 26.7 Å². The van der Waals surface area contributed by atoms with Crippen LogP contribution in [0.25, 0.3) is 0 Å². The normalized spacial score (nSPS) is 12.6. The van der Waals surface area contributed by atoms with Gasteiger partial charge in [-0.15, -0.1) is 0 Å². The SMILES string of the molecule is O=S(=O)(NCCCCCO)c1ccccc1C(F)(F)F. The second-order valence-electron chi connectivity index (χ2n) is 4.18. The van der Waals surface area contributed by atoms with E-state index in [0.29, 0.717) is 19.3 Å². The van der Waals surface area contributed by atoms with Crippen molar-refractivity contribution in [3.8, 4) is 0 Å². The Morgan fingerprint density at radius 3 is 2.35 bits per heavy atom. The maximum Gasteiger partial charge on any atom is 0.417 e. The van der Waals surface area contributed by atoms with Gasteiger partial charge in [0.1, 0.15) is 0 Å². The van der Waals surface area contributed by atoms with Crippen molar-refractivity contribution in [3.63, 3.8) is 0 Å². The number of unbranched alkanes of at least 4 members (excludes halogenated alkanes) is 2. The molecule has 0 aliphatic heterocycles. The zero-order valence-electron chi connectivity index (χ0n) is 10.7. The van der Waals surface area contributed by atoms with E-state index in [0.717, 1.165) is 18.2 Å². The lowest BCUT2D eigenvalue weighted by atomic mass is 10.2. The van der Waals surface area contributed by atoms with Crippen molar-refractivity contribution in [1.82, 2.24) is 4.72 Å². The fourth-order valence-electron chi connectivity index (χ4n) is 1.63. The molecule has 0 aliphatic rings. The molecule has 0 saturated heterocycles. The third-order valence-corrected chi connectivity index (χ3v) is 4.13. The molecule has 0 amide bonds. The lowest BCUT2D eigenvalue weighted by Crippen LogP contribution is -2.27. The third kappa shape index (κ3) is 4.77. The predicted octanol–water partition coefficient (Wildman–Crippen LogP) is 2.15. The topological polar surface area (TPSA) is 66.4 Å². The Morgan fingerprint density at radius 1 is 1.10 bits per heavy atom. The standard InChI is InChI=1S/C12H16F3NO3S/c13-12(14,15)10-6-2-3-7-11(10)20(18,19)16-8-4-1-5-9-17/h2-3,6-7,16-17H,1,4-5,8-9H2. The van der Waals surface area contributed by atoms with Gasteiger partial charge in [0, 0.05) is 13.2 Å². The minimum Gasteiger partial charge on any atom is -0.396 e. The number of aliphatic hydroxyl groups is 1. The molecule has 114 valence electrons. The van der Waals surface area contributed by atoms with Gasteiger partial charge in [0.2, 0.25) is 10.0 Å². The zero-order chi connectivity index (χ0) is 15.2. The Kier molecular flexibility index (Phi) is 5.97. The van der Waals surface area contributed by atoms with E-state index in [-0.39, 0.29) is 13.2 Å². The molecule has 4 nitrogen and oxygen atoms in total. The van der Waals surface area contributed by atoms with Crippen molar-refractivity contribution in [2.45, 2.75) is 30.3 Å². The van der Waals surface area contributed by atoms with Crippen LogP contribution in [-0.2, 0) is 16.2 Å². The minimum atomic E-state index is -4.72. The highest BCUT2D eigenvalue weighted by molar-refractivity contribution is 7.89. The number of aliphatic hydroxyl groups excluding tert-OH is 1. The molecule has 0 saturated carbocycles. The van der Waals surface area contributed by atoms with Crippen molar-refractivity contribution in [2.75, 3.05) is 13.2 Å². The summed E-state index contributed by atoms with van der Waals surface area (Å²) in [7, 11) is -4.19. The molecule has 0 aliphatic carbocycles. The smallest absolute Gasteiger partial charge is 0.396 e. The summed E-state index contributed by atoms with van der Waals surface area (Å²) < 4.78 is 64.1. The molecule has 1 rings (SSSR count). The number of hydrogen-bond acceptors (Lipinski definition) is 3. The summed E-state index contributed by atoms with van der Waals surface area (Å²) in [6.07, 6.45) is -3.14. The predicted molar refractivity (Wildman–Crippen MR) is 67.6 cm³/mol. The van der Waals surface area contributed by atoms with Crippen molar-refractivity contribution in [1.29, 1.82) is 0 Å². The van der Waals surface area contributed by atoms with Gasteiger partial charge in [0.15, 0.2) is 0 Å². The molecule has 0 heterocycles. The minimum absolute atomic E-state index is 0.00363. The molecule has 0 atom stereocenters. The maximum absolute atomic E-state index is 12.7. The first kappa shape index (κ1) is 16.9. The largest absolute Gasteiger partial charge is 0.417 e. The Balaban J connectivity index is 2.83. The first-order valence-corrected chi connectivity index (χ1v) is 7.54. The average Bonchev–Trinajstić information content (AvgIpc) is 2.37. The molecular weight excluding hydrogens is 295 g/mol. The van der Waals surface area contributed by atoms with E-state index in [1.54, 1.807) is 0 Å². The number of benzene rings is 1. The summed E-state index contributed by atoms with van der Waals surface area (Å²) in [4.78, 5) is -0.769. The maximum atomic E-state index is 12.7. The molecule has 0 spiro atoms. The first-order valence-electron chi connectivity index (χ1n) is 6.06. The summed E-state index contributed by atoms with van der Waals surface area (Å²) >= 11 is 0. The lowest BCUT2D eigenvalue weighted by molar-refractivity contribution is -0.139. The van der Waals surface area contributed by atoms with E-state index in [9.17, 15) is 21.6 Å². The Morgan fingerprint density at radius 2 is 1.75 bits per heavy atom. The highest BCUT2D eigenvalue weighted by Gasteiger charge is 2.36. The monoisotopic (exact) mass is 311 g/mol. The molecule has 1 aromatic carbocycles. The molecule has 20 heavy (non-hydrogen) atoms. The van der Waals surface area contributed by atoms with Crippen LogP contribution in [0.15, 0.2) is 29.2 Å². The fourth-order valence-corrected chi connectivity index (χ4v) is 2.93. The van der Waals surface area contributed by atoms with Crippen molar-refractivity contribution >= 4 is 10.0 Å². The quantitative estimate of drug-likeness (QED) is 0.758.